The molecule has 0 unspecified atom stereocenters. The molecule has 21 heavy (non-hydrogen) atoms. The fourth-order valence-corrected chi connectivity index (χ4v) is 1.81. The number of hydrogen-bond donors (Lipinski definition) is 1. The highest BCUT2D eigenvalue weighted by molar-refractivity contribution is 5.73. The van der Waals surface area contributed by atoms with Crippen LogP contribution in [0.3, 0.4) is 0 Å². The lowest BCUT2D eigenvalue weighted by Crippen LogP contribution is -2.19. The Labute approximate surface area is 125 Å². The van der Waals surface area contributed by atoms with E-state index in [4.69, 9.17) is 4.74 Å². The molecule has 2 aromatic rings. The van der Waals surface area contributed by atoms with Gasteiger partial charge in [-0.2, -0.15) is 0 Å². The predicted molar refractivity (Wildman–Crippen MR) is 84.9 cm³/mol. The standard InChI is InChI=1S/C18H19NO2/c1-15(20)19-13-5-8-16-9-11-18(12-10-16)21-14-17-6-3-2-4-7-17/h2-12H,13-14H2,1H3,(H,19,20). The van der Waals surface area contributed by atoms with Gasteiger partial charge in [0.2, 0.25) is 5.91 Å². The van der Waals surface area contributed by atoms with E-state index in [0.29, 0.717) is 13.2 Å². The Morgan fingerprint density at radius 2 is 1.81 bits per heavy atom. The number of hydrogen-bond acceptors (Lipinski definition) is 2. The molecule has 0 radical (unpaired) electrons. The Morgan fingerprint density at radius 1 is 1.10 bits per heavy atom. The third-order valence-corrected chi connectivity index (χ3v) is 2.91. The molecule has 0 aromatic heterocycles. The van der Waals surface area contributed by atoms with Gasteiger partial charge in [0.05, 0.1) is 0 Å². The Balaban J connectivity index is 1.83. The average Bonchev–Trinajstić information content (AvgIpc) is 2.51. The first-order valence-electron chi connectivity index (χ1n) is 6.92. The minimum Gasteiger partial charge on any atom is -0.489 e. The number of rotatable bonds is 6. The van der Waals surface area contributed by atoms with Crippen molar-refractivity contribution >= 4 is 12.0 Å². The smallest absolute Gasteiger partial charge is 0.217 e. The maximum Gasteiger partial charge on any atom is 0.217 e. The summed E-state index contributed by atoms with van der Waals surface area (Å²) in [7, 11) is 0. The van der Waals surface area contributed by atoms with Gasteiger partial charge in [0.25, 0.3) is 0 Å². The molecule has 0 aliphatic carbocycles. The summed E-state index contributed by atoms with van der Waals surface area (Å²) in [6.07, 6.45) is 3.89. The van der Waals surface area contributed by atoms with Gasteiger partial charge in [-0.05, 0) is 23.3 Å². The summed E-state index contributed by atoms with van der Waals surface area (Å²) in [4.78, 5) is 10.7. The molecule has 3 heteroatoms. The van der Waals surface area contributed by atoms with Crippen LogP contribution >= 0.6 is 0 Å². The van der Waals surface area contributed by atoms with Crippen LogP contribution in [0.25, 0.3) is 6.08 Å². The SMILES string of the molecule is CC(=O)NCC=Cc1ccc(OCc2ccccc2)cc1. The summed E-state index contributed by atoms with van der Waals surface area (Å²) in [6, 6.07) is 17.9. The lowest BCUT2D eigenvalue weighted by atomic mass is 10.2. The number of amides is 1. The number of carbonyl (C=O) groups is 1. The van der Waals surface area contributed by atoms with E-state index in [0.717, 1.165) is 16.9 Å². The topological polar surface area (TPSA) is 38.3 Å². The van der Waals surface area contributed by atoms with Gasteiger partial charge in [-0.15, -0.1) is 0 Å². The van der Waals surface area contributed by atoms with Gasteiger partial charge in [-0.25, -0.2) is 0 Å². The first-order valence-corrected chi connectivity index (χ1v) is 6.92. The molecule has 1 N–H and O–H groups in total. The molecule has 108 valence electrons. The van der Waals surface area contributed by atoms with E-state index in [1.54, 1.807) is 0 Å². The second-order valence-electron chi connectivity index (χ2n) is 4.68. The lowest BCUT2D eigenvalue weighted by Gasteiger charge is -2.06. The second kappa shape index (κ2) is 7.90. The quantitative estimate of drug-likeness (QED) is 0.881. The maximum atomic E-state index is 10.7. The number of ether oxygens (including phenoxy) is 1. The van der Waals surface area contributed by atoms with Crippen molar-refractivity contribution in [1.82, 2.24) is 5.32 Å². The molecule has 2 aromatic carbocycles. The van der Waals surface area contributed by atoms with Crippen molar-refractivity contribution in [3.63, 3.8) is 0 Å². The predicted octanol–water partition coefficient (Wildman–Crippen LogP) is 3.41. The highest BCUT2D eigenvalue weighted by atomic mass is 16.5. The van der Waals surface area contributed by atoms with Crippen molar-refractivity contribution in [2.45, 2.75) is 13.5 Å². The Morgan fingerprint density at radius 3 is 2.48 bits per heavy atom. The molecule has 0 atom stereocenters. The summed E-state index contributed by atoms with van der Waals surface area (Å²) >= 11 is 0. The molecule has 2 rings (SSSR count). The van der Waals surface area contributed by atoms with Crippen LogP contribution < -0.4 is 10.1 Å². The van der Waals surface area contributed by atoms with E-state index in [9.17, 15) is 4.79 Å². The number of benzene rings is 2. The van der Waals surface area contributed by atoms with E-state index < -0.39 is 0 Å². The van der Waals surface area contributed by atoms with Crippen LogP contribution in [0, 0.1) is 0 Å². The molecule has 0 saturated heterocycles. The zero-order chi connectivity index (χ0) is 14.9. The van der Waals surface area contributed by atoms with E-state index in [1.165, 1.54) is 6.92 Å². The van der Waals surface area contributed by atoms with Crippen LogP contribution in [0.5, 0.6) is 5.75 Å². The number of carbonyl (C=O) groups excluding carboxylic acids is 1. The van der Waals surface area contributed by atoms with Gasteiger partial charge in [-0.3, -0.25) is 4.79 Å². The van der Waals surface area contributed by atoms with E-state index in [-0.39, 0.29) is 5.91 Å². The van der Waals surface area contributed by atoms with Crippen molar-refractivity contribution in [2.24, 2.45) is 0 Å². The Bertz CT molecular complexity index is 588. The summed E-state index contributed by atoms with van der Waals surface area (Å²) in [6.45, 7) is 2.62. The van der Waals surface area contributed by atoms with Crippen molar-refractivity contribution in [1.29, 1.82) is 0 Å². The second-order valence-corrected chi connectivity index (χ2v) is 4.68. The third-order valence-electron chi connectivity index (χ3n) is 2.91. The van der Waals surface area contributed by atoms with Crippen molar-refractivity contribution in [3.05, 3.63) is 71.8 Å². The van der Waals surface area contributed by atoms with Crippen LogP contribution in [0.2, 0.25) is 0 Å². The van der Waals surface area contributed by atoms with E-state index >= 15 is 0 Å². The van der Waals surface area contributed by atoms with Gasteiger partial charge >= 0.3 is 0 Å². The Kier molecular flexibility index (Phi) is 5.59. The number of nitrogens with one attached hydrogen (secondary N) is 1. The minimum atomic E-state index is -0.0238. The van der Waals surface area contributed by atoms with Crippen molar-refractivity contribution in [3.8, 4) is 5.75 Å². The van der Waals surface area contributed by atoms with E-state index in [2.05, 4.69) is 5.32 Å². The van der Waals surface area contributed by atoms with Gasteiger partial charge in [-0.1, -0.05) is 54.6 Å². The third kappa shape index (κ3) is 5.53. The zero-order valence-electron chi connectivity index (χ0n) is 12.1. The average molecular weight is 281 g/mol. The summed E-state index contributed by atoms with van der Waals surface area (Å²) in [5.41, 5.74) is 2.23. The Hall–Kier alpha value is -2.55. The molecule has 0 heterocycles. The van der Waals surface area contributed by atoms with Crippen LogP contribution in [-0.2, 0) is 11.4 Å². The van der Waals surface area contributed by atoms with Crippen LogP contribution in [0.15, 0.2) is 60.7 Å². The van der Waals surface area contributed by atoms with E-state index in [1.807, 2.05) is 66.7 Å². The first kappa shape index (κ1) is 14.9. The molecule has 3 nitrogen and oxygen atoms in total. The largest absolute Gasteiger partial charge is 0.489 e. The fraction of sp³-hybridized carbons (Fsp3) is 0.167. The molecular weight excluding hydrogens is 262 g/mol. The molecule has 0 bridgehead atoms. The molecule has 0 aliphatic heterocycles. The van der Waals surface area contributed by atoms with Crippen LogP contribution in [0.4, 0.5) is 0 Å². The normalized spacial score (nSPS) is 10.5. The minimum absolute atomic E-state index is 0.0238. The maximum absolute atomic E-state index is 10.7. The zero-order valence-corrected chi connectivity index (χ0v) is 12.1. The summed E-state index contributed by atoms with van der Waals surface area (Å²) in [5.74, 6) is 0.821. The molecule has 1 amide bonds. The van der Waals surface area contributed by atoms with Crippen molar-refractivity contribution < 1.29 is 9.53 Å². The summed E-state index contributed by atoms with van der Waals surface area (Å²) < 4.78 is 5.72. The molecule has 0 spiro atoms. The van der Waals surface area contributed by atoms with Crippen LogP contribution in [-0.4, -0.2) is 12.5 Å². The monoisotopic (exact) mass is 281 g/mol. The van der Waals surface area contributed by atoms with Gasteiger partial charge in [0.15, 0.2) is 0 Å². The first-order chi connectivity index (χ1) is 10.2. The summed E-state index contributed by atoms with van der Waals surface area (Å²) in [5, 5.41) is 2.72. The van der Waals surface area contributed by atoms with Gasteiger partial charge in [0, 0.05) is 13.5 Å². The fourth-order valence-electron chi connectivity index (χ4n) is 1.81. The highest BCUT2D eigenvalue weighted by Gasteiger charge is 1.95. The molecule has 0 fully saturated rings. The lowest BCUT2D eigenvalue weighted by molar-refractivity contribution is -0.118. The molecule has 0 aliphatic rings. The van der Waals surface area contributed by atoms with Crippen molar-refractivity contribution in [2.75, 3.05) is 6.54 Å². The van der Waals surface area contributed by atoms with Crippen LogP contribution in [0.1, 0.15) is 18.1 Å². The highest BCUT2D eigenvalue weighted by Crippen LogP contribution is 2.15. The van der Waals surface area contributed by atoms with Gasteiger partial charge in [0.1, 0.15) is 12.4 Å². The molecule has 0 saturated carbocycles. The molecular formula is C18H19NO2. The van der Waals surface area contributed by atoms with Gasteiger partial charge < -0.3 is 10.1 Å².